The lowest BCUT2D eigenvalue weighted by Crippen LogP contribution is -2.31. The van der Waals surface area contributed by atoms with Gasteiger partial charge in [0.05, 0.1) is 5.69 Å². The minimum atomic E-state index is -0.613. The molecule has 28 heavy (non-hydrogen) atoms. The van der Waals surface area contributed by atoms with Gasteiger partial charge in [-0.1, -0.05) is 11.8 Å². The van der Waals surface area contributed by atoms with Gasteiger partial charge >= 0.3 is 0 Å². The second-order valence-corrected chi connectivity index (χ2v) is 7.27. The number of benzene rings is 2. The number of halogens is 1. The topological polar surface area (TPSA) is 80.2 Å². The molecule has 0 radical (unpaired) electrons. The number of amidine groups is 1. The van der Waals surface area contributed by atoms with Crippen molar-refractivity contribution in [2.24, 2.45) is 4.99 Å². The first kappa shape index (κ1) is 18.3. The molecule has 7 nitrogen and oxygen atoms in total. The van der Waals surface area contributed by atoms with Crippen molar-refractivity contribution in [2.75, 3.05) is 24.1 Å². The normalized spacial score (nSPS) is 18.7. The van der Waals surface area contributed by atoms with E-state index in [0.717, 1.165) is 10.6 Å². The van der Waals surface area contributed by atoms with Gasteiger partial charge in [-0.15, -0.1) is 0 Å². The van der Waals surface area contributed by atoms with Gasteiger partial charge < -0.3 is 14.8 Å². The van der Waals surface area contributed by atoms with Crippen LogP contribution in [0.25, 0.3) is 0 Å². The highest BCUT2D eigenvalue weighted by Gasteiger charge is 2.40. The Morgan fingerprint density at radius 2 is 1.93 bits per heavy atom. The van der Waals surface area contributed by atoms with E-state index >= 15 is 0 Å². The van der Waals surface area contributed by atoms with Crippen LogP contribution in [0.5, 0.6) is 11.5 Å². The molecule has 2 heterocycles. The molecule has 9 heteroatoms. The quantitative estimate of drug-likeness (QED) is 0.484. The maximum atomic E-state index is 13.1. The van der Waals surface area contributed by atoms with Gasteiger partial charge in [0.2, 0.25) is 18.6 Å². The minimum Gasteiger partial charge on any atom is -0.454 e. The number of aliphatic imine (C=N–C) groups is 1. The Bertz CT molecular complexity index is 964. The van der Waals surface area contributed by atoms with Crippen LogP contribution >= 0.6 is 11.8 Å². The second kappa shape index (κ2) is 7.51. The van der Waals surface area contributed by atoms with Crippen LogP contribution in [-0.2, 0) is 9.59 Å². The monoisotopic (exact) mass is 401 g/mol. The molecule has 1 saturated heterocycles. The predicted octanol–water partition coefficient (Wildman–Crippen LogP) is 3.02. The molecule has 0 aromatic heterocycles. The zero-order valence-electron chi connectivity index (χ0n) is 14.8. The van der Waals surface area contributed by atoms with E-state index in [1.807, 2.05) is 6.07 Å². The third-order valence-electron chi connectivity index (χ3n) is 4.27. The Kier molecular flexibility index (Phi) is 4.91. The van der Waals surface area contributed by atoms with Gasteiger partial charge in [0, 0.05) is 25.2 Å². The number of thioether (sulfide) groups is 1. The molecule has 0 spiro atoms. The molecule has 0 aliphatic carbocycles. The average molecular weight is 401 g/mol. The van der Waals surface area contributed by atoms with Gasteiger partial charge in [0.1, 0.15) is 11.1 Å². The smallest absolute Gasteiger partial charge is 0.247 e. The standard InChI is InChI=1S/C19H16FN3O4S/c1-21-19(22-12-4-7-14-15(8-12)27-10-26-14)28-16-9-17(24)23(18(16)25)13-5-2-11(20)3-6-13/h2-8,16H,9-10H2,1H3,(H,21,22). The lowest BCUT2D eigenvalue weighted by molar-refractivity contribution is -0.121. The Hall–Kier alpha value is -3.07. The third-order valence-corrected chi connectivity index (χ3v) is 5.43. The van der Waals surface area contributed by atoms with E-state index < -0.39 is 11.1 Å². The summed E-state index contributed by atoms with van der Waals surface area (Å²) in [5.74, 6) is 0.185. The number of nitrogens with zero attached hydrogens (tertiary/aromatic N) is 2. The lowest BCUT2D eigenvalue weighted by atomic mass is 10.3. The highest BCUT2D eigenvalue weighted by molar-refractivity contribution is 8.15. The van der Waals surface area contributed by atoms with Crippen molar-refractivity contribution in [1.29, 1.82) is 0 Å². The van der Waals surface area contributed by atoms with Crippen molar-refractivity contribution < 1.29 is 23.5 Å². The second-order valence-electron chi connectivity index (χ2n) is 6.08. The summed E-state index contributed by atoms with van der Waals surface area (Å²) in [6, 6.07) is 10.6. The molecule has 1 fully saturated rings. The van der Waals surface area contributed by atoms with Gasteiger partial charge in [-0.3, -0.25) is 14.6 Å². The molecule has 1 N–H and O–H groups in total. The first-order valence-corrected chi connectivity index (χ1v) is 9.35. The molecular formula is C19H16FN3O4S. The van der Waals surface area contributed by atoms with E-state index in [1.54, 1.807) is 19.2 Å². The molecule has 2 aliphatic heterocycles. The molecule has 2 aromatic carbocycles. The van der Waals surface area contributed by atoms with Crippen molar-refractivity contribution in [2.45, 2.75) is 11.7 Å². The van der Waals surface area contributed by atoms with Crippen LogP contribution in [0.2, 0.25) is 0 Å². The van der Waals surface area contributed by atoms with E-state index in [1.165, 1.54) is 36.0 Å². The zero-order valence-corrected chi connectivity index (χ0v) is 15.7. The van der Waals surface area contributed by atoms with Crippen LogP contribution in [0.15, 0.2) is 47.5 Å². The Morgan fingerprint density at radius 3 is 2.68 bits per heavy atom. The number of rotatable bonds is 3. The van der Waals surface area contributed by atoms with Gasteiger partial charge in [-0.2, -0.15) is 0 Å². The molecule has 0 bridgehead atoms. The van der Waals surface area contributed by atoms with E-state index in [-0.39, 0.29) is 25.0 Å². The fourth-order valence-electron chi connectivity index (χ4n) is 2.93. The largest absolute Gasteiger partial charge is 0.454 e. The molecule has 1 atom stereocenters. The van der Waals surface area contributed by atoms with Crippen molar-refractivity contribution in [1.82, 2.24) is 0 Å². The van der Waals surface area contributed by atoms with Gasteiger partial charge in [-0.25, -0.2) is 9.29 Å². The molecule has 2 amide bonds. The summed E-state index contributed by atoms with van der Waals surface area (Å²) in [6.07, 6.45) is 0.0444. The first-order chi connectivity index (χ1) is 13.5. The number of imide groups is 1. The van der Waals surface area contributed by atoms with Gasteiger partial charge in [0.15, 0.2) is 16.7 Å². The molecule has 2 aromatic rings. The van der Waals surface area contributed by atoms with Crippen LogP contribution in [0.1, 0.15) is 6.42 Å². The van der Waals surface area contributed by atoms with E-state index in [2.05, 4.69) is 10.3 Å². The number of amides is 2. The van der Waals surface area contributed by atoms with Crippen LogP contribution < -0.4 is 19.7 Å². The first-order valence-electron chi connectivity index (χ1n) is 8.47. The SMILES string of the molecule is CN=C(Nc1ccc2c(c1)OCO2)SC1CC(=O)N(c2ccc(F)cc2)C1=O. The van der Waals surface area contributed by atoms with E-state index in [4.69, 9.17) is 9.47 Å². The summed E-state index contributed by atoms with van der Waals surface area (Å²) < 4.78 is 23.8. The van der Waals surface area contributed by atoms with Crippen LogP contribution in [0.3, 0.4) is 0 Å². The summed E-state index contributed by atoms with van der Waals surface area (Å²) in [7, 11) is 1.60. The number of fused-ring (bicyclic) bond motifs is 1. The van der Waals surface area contributed by atoms with Gasteiger partial charge in [0.25, 0.3) is 0 Å². The maximum absolute atomic E-state index is 13.1. The van der Waals surface area contributed by atoms with Crippen molar-refractivity contribution in [3.8, 4) is 11.5 Å². The summed E-state index contributed by atoms with van der Waals surface area (Å²) in [5, 5.41) is 3.01. The number of ether oxygens (including phenoxy) is 2. The average Bonchev–Trinajstić information content (AvgIpc) is 3.26. The Morgan fingerprint density at radius 1 is 1.18 bits per heavy atom. The maximum Gasteiger partial charge on any atom is 0.247 e. The fraction of sp³-hybridized carbons (Fsp3) is 0.211. The van der Waals surface area contributed by atoms with E-state index in [9.17, 15) is 14.0 Å². The highest BCUT2D eigenvalue weighted by Crippen LogP contribution is 2.35. The molecule has 4 rings (SSSR count). The number of nitrogens with one attached hydrogen (secondary N) is 1. The number of hydrogen-bond donors (Lipinski definition) is 1. The molecule has 2 aliphatic rings. The number of hydrogen-bond acceptors (Lipinski definition) is 6. The zero-order chi connectivity index (χ0) is 19.7. The van der Waals surface area contributed by atoms with Crippen LogP contribution in [0.4, 0.5) is 15.8 Å². The summed E-state index contributed by atoms with van der Waals surface area (Å²) in [4.78, 5) is 30.3. The van der Waals surface area contributed by atoms with Crippen molar-refractivity contribution >= 4 is 40.1 Å². The summed E-state index contributed by atoms with van der Waals surface area (Å²) in [6.45, 7) is 0.181. The number of carbonyl (C=O) groups excluding carboxylic acids is 2. The minimum absolute atomic E-state index is 0.0444. The predicted molar refractivity (Wildman–Crippen MR) is 104 cm³/mol. The molecular weight excluding hydrogens is 385 g/mol. The van der Waals surface area contributed by atoms with Crippen molar-refractivity contribution in [3.63, 3.8) is 0 Å². The Labute approximate surface area is 164 Å². The fourth-order valence-corrected chi connectivity index (χ4v) is 3.91. The molecule has 144 valence electrons. The lowest BCUT2D eigenvalue weighted by Gasteiger charge is -2.15. The Balaban J connectivity index is 1.46. The van der Waals surface area contributed by atoms with Crippen LogP contribution in [-0.4, -0.2) is 36.1 Å². The van der Waals surface area contributed by atoms with Crippen LogP contribution in [0, 0.1) is 5.82 Å². The highest BCUT2D eigenvalue weighted by atomic mass is 32.2. The van der Waals surface area contributed by atoms with Gasteiger partial charge in [-0.05, 0) is 36.4 Å². The molecule has 0 saturated carbocycles. The third kappa shape index (κ3) is 3.53. The van der Waals surface area contributed by atoms with Crippen molar-refractivity contribution in [3.05, 3.63) is 48.3 Å². The number of anilines is 2. The van der Waals surface area contributed by atoms with E-state index in [0.29, 0.717) is 22.4 Å². The molecule has 1 unspecified atom stereocenters. The number of carbonyl (C=O) groups is 2. The summed E-state index contributed by atoms with van der Waals surface area (Å²) >= 11 is 1.17. The summed E-state index contributed by atoms with van der Waals surface area (Å²) in [5.41, 5.74) is 1.09.